The molecular weight excluding hydrogens is 356 g/mol. The number of hydrogen-bond acceptors (Lipinski definition) is 4. The molecule has 4 aliphatic rings. The molecule has 0 bridgehead atoms. The van der Waals surface area contributed by atoms with Crippen LogP contribution < -0.4 is 0 Å². The lowest BCUT2D eigenvalue weighted by Crippen LogP contribution is -1.70. The van der Waals surface area contributed by atoms with Crippen LogP contribution in [0.2, 0.25) is 0 Å². The number of nitrogens with zero attached hydrogens (tertiary/aromatic N) is 2. The zero-order valence-electron chi connectivity index (χ0n) is 13.6. The SMILES string of the molecule is c1ccc2nc3sc(-c4cc5c6cccccc-6nc5s4)cc3c-2cc1. The summed E-state index contributed by atoms with van der Waals surface area (Å²) in [7, 11) is 0. The van der Waals surface area contributed by atoms with E-state index in [0.29, 0.717) is 0 Å². The highest BCUT2D eigenvalue weighted by Gasteiger charge is 2.18. The van der Waals surface area contributed by atoms with Crippen molar-refractivity contribution in [2.24, 2.45) is 0 Å². The van der Waals surface area contributed by atoms with Crippen molar-refractivity contribution in [3.8, 4) is 32.3 Å². The predicted molar refractivity (Wildman–Crippen MR) is 111 cm³/mol. The van der Waals surface area contributed by atoms with Gasteiger partial charge in [-0.2, -0.15) is 0 Å². The van der Waals surface area contributed by atoms with Gasteiger partial charge >= 0.3 is 0 Å². The summed E-state index contributed by atoms with van der Waals surface area (Å²) in [4.78, 5) is 14.4. The van der Waals surface area contributed by atoms with Crippen molar-refractivity contribution in [1.82, 2.24) is 9.97 Å². The van der Waals surface area contributed by atoms with Crippen molar-refractivity contribution in [1.29, 1.82) is 0 Å². The van der Waals surface area contributed by atoms with Gasteiger partial charge in [-0.1, -0.05) is 48.5 Å². The van der Waals surface area contributed by atoms with Crippen molar-refractivity contribution in [3.63, 3.8) is 0 Å². The minimum Gasteiger partial charge on any atom is -0.237 e. The molecule has 2 aromatic rings. The highest BCUT2D eigenvalue weighted by molar-refractivity contribution is 7.28. The monoisotopic (exact) mass is 368 g/mol. The third kappa shape index (κ3) is 2.03. The fraction of sp³-hybridized carbons (Fsp3) is 0. The van der Waals surface area contributed by atoms with Crippen LogP contribution in [0.1, 0.15) is 0 Å². The Bertz CT molecular complexity index is 1240. The second-order valence-electron chi connectivity index (χ2n) is 6.30. The molecule has 2 aliphatic carbocycles. The largest absolute Gasteiger partial charge is 0.237 e. The van der Waals surface area contributed by atoms with E-state index in [4.69, 9.17) is 9.97 Å². The fourth-order valence-electron chi connectivity index (χ4n) is 3.50. The summed E-state index contributed by atoms with van der Waals surface area (Å²) in [5.74, 6) is 0. The van der Waals surface area contributed by atoms with Crippen molar-refractivity contribution >= 4 is 43.1 Å². The van der Waals surface area contributed by atoms with Gasteiger partial charge in [0.1, 0.15) is 9.66 Å². The van der Waals surface area contributed by atoms with E-state index in [9.17, 15) is 0 Å². The Morgan fingerprint density at radius 2 is 1.00 bits per heavy atom. The van der Waals surface area contributed by atoms with Crippen LogP contribution >= 0.6 is 22.7 Å². The molecule has 122 valence electrons. The Hall–Kier alpha value is -2.82. The van der Waals surface area contributed by atoms with Crippen LogP contribution in [0.4, 0.5) is 0 Å². The maximum absolute atomic E-state index is 4.81. The van der Waals surface area contributed by atoms with Crippen LogP contribution in [0.25, 0.3) is 52.7 Å². The van der Waals surface area contributed by atoms with E-state index in [1.165, 1.54) is 31.7 Å². The molecule has 0 amide bonds. The summed E-state index contributed by atoms with van der Waals surface area (Å²) in [5.41, 5.74) is 4.57. The predicted octanol–water partition coefficient (Wildman–Crippen LogP) is 6.78. The van der Waals surface area contributed by atoms with Gasteiger partial charge in [-0.3, -0.25) is 0 Å². The van der Waals surface area contributed by atoms with Gasteiger partial charge < -0.3 is 0 Å². The van der Waals surface area contributed by atoms with Crippen LogP contribution in [0, 0.1) is 0 Å². The van der Waals surface area contributed by atoms with Crippen molar-refractivity contribution in [3.05, 3.63) is 72.8 Å². The molecule has 0 saturated carbocycles. The summed E-state index contributed by atoms with van der Waals surface area (Å²) in [6.45, 7) is 0. The Balaban J connectivity index is 1.57. The van der Waals surface area contributed by atoms with Gasteiger partial charge in [0.2, 0.25) is 0 Å². The zero-order valence-corrected chi connectivity index (χ0v) is 15.3. The zero-order chi connectivity index (χ0) is 17.1. The lowest BCUT2D eigenvalue weighted by molar-refractivity contribution is 1.49. The molecule has 0 fully saturated rings. The Labute approximate surface area is 158 Å². The van der Waals surface area contributed by atoms with E-state index in [0.717, 1.165) is 21.0 Å². The lowest BCUT2D eigenvalue weighted by atomic mass is 10.1. The minimum atomic E-state index is 1.06. The van der Waals surface area contributed by atoms with E-state index >= 15 is 0 Å². The highest BCUT2D eigenvalue weighted by atomic mass is 32.1. The molecule has 2 nitrogen and oxygen atoms in total. The summed E-state index contributed by atoms with van der Waals surface area (Å²) >= 11 is 3.53. The average Bonchev–Trinajstić information content (AvgIpc) is 3.28. The van der Waals surface area contributed by atoms with Crippen molar-refractivity contribution in [2.45, 2.75) is 0 Å². The molecule has 0 spiro atoms. The molecule has 0 N–H and O–H groups in total. The van der Waals surface area contributed by atoms with Gasteiger partial charge in [0.25, 0.3) is 0 Å². The summed E-state index contributed by atoms with van der Waals surface area (Å²) < 4.78 is 0. The summed E-state index contributed by atoms with van der Waals surface area (Å²) in [6, 6.07) is 25.4. The molecule has 0 saturated heterocycles. The van der Waals surface area contributed by atoms with Gasteiger partial charge in [0.05, 0.1) is 11.4 Å². The van der Waals surface area contributed by atoms with Crippen LogP contribution in [-0.4, -0.2) is 9.97 Å². The van der Waals surface area contributed by atoms with E-state index in [1.807, 2.05) is 24.3 Å². The lowest BCUT2D eigenvalue weighted by Gasteiger charge is -1.92. The minimum absolute atomic E-state index is 1.06. The number of hydrogen-bond donors (Lipinski definition) is 0. The van der Waals surface area contributed by atoms with Gasteiger partial charge in [-0.15, -0.1) is 22.7 Å². The third-order valence-corrected chi connectivity index (χ3v) is 6.98. The molecule has 6 rings (SSSR count). The molecule has 0 radical (unpaired) electrons. The Kier molecular flexibility index (Phi) is 2.95. The highest BCUT2D eigenvalue weighted by Crippen LogP contribution is 2.45. The Morgan fingerprint density at radius 3 is 1.50 bits per heavy atom. The van der Waals surface area contributed by atoms with Gasteiger partial charge in [0.15, 0.2) is 0 Å². The van der Waals surface area contributed by atoms with Gasteiger partial charge in [0, 0.05) is 31.7 Å². The van der Waals surface area contributed by atoms with Crippen molar-refractivity contribution < 1.29 is 0 Å². The first-order valence-electron chi connectivity index (χ1n) is 8.44. The molecule has 4 heteroatoms. The van der Waals surface area contributed by atoms with Gasteiger partial charge in [-0.05, 0) is 24.3 Å². The van der Waals surface area contributed by atoms with Crippen LogP contribution in [0.15, 0.2) is 72.8 Å². The molecule has 26 heavy (non-hydrogen) atoms. The molecular formula is C22H12N2S2. The molecule has 0 aromatic carbocycles. The van der Waals surface area contributed by atoms with E-state index in [2.05, 4.69) is 48.5 Å². The number of aromatic nitrogens is 2. The van der Waals surface area contributed by atoms with Crippen molar-refractivity contribution in [2.75, 3.05) is 0 Å². The standard InChI is InChI=1S/C22H12N2S2/c1-3-7-13-15-11-19(25-21(15)23-17(13)9-5-1)20-12-16-14-8-4-2-6-10-18(14)24-22(16)26-20/h1-12H. The smallest absolute Gasteiger partial charge is 0.125 e. The first-order chi connectivity index (χ1) is 12.9. The molecule has 2 aliphatic heterocycles. The quantitative estimate of drug-likeness (QED) is 0.319. The first kappa shape index (κ1) is 14.4. The molecule has 2 aromatic heterocycles. The first-order valence-corrected chi connectivity index (χ1v) is 10.1. The number of rotatable bonds is 1. The van der Waals surface area contributed by atoms with Crippen LogP contribution in [0.3, 0.4) is 0 Å². The second kappa shape index (κ2) is 5.34. The average molecular weight is 368 g/mol. The summed E-state index contributed by atoms with van der Waals surface area (Å²) in [5, 5.41) is 2.49. The fourth-order valence-corrected chi connectivity index (χ4v) is 5.69. The maximum Gasteiger partial charge on any atom is 0.125 e. The number of thiophene rings is 2. The molecule has 4 heterocycles. The number of fused-ring (bicyclic) bond motifs is 6. The van der Waals surface area contributed by atoms with Crippen LogP contribution in [-0.2, 0) is 0 Å². The van der Waals surface area contributed by atoms with E-state index in [-0.39, 0.29) is 0 Å². The van der Waals surface area contributed by atoms with Crippen LogP contribution in [0.5, 0.6) is 0 Å². The molecule has 0 atom stereocenters. The van der Waals surface area contributed by atoms with Gasteiger partial charge in [-0.25, -0.2) is 9.97 Å². The summed E-state index contributed by atoms with van der Waals surface area (Å²) in [6.07, 6.45) is 0. The maximum atomic E-state index is 4.81. The third-order valence-electron chi connectivity index (χ3n) is 4.72. The molecule has 0 unspecified atom stereocenters. The normalized spacial score (nSPS) is 11.8. The Morgan fingerprint density at radius 1 is 0.538 bits per heavy atom. The second-order valence-corrected chi connectivity index (χ2v) is 8.36. The van der Waals surface area contributed by atoms with E-state index in [1.54, 1.807) is 22.7 Å². The topological polar surface area (TPSA) is 25.8 Å². The van der Waals surface area contributed by atoms with E-state index < -0.39 is 0 Å².